The number of nitrogens with one attached hydrogen (secondary N) is 1. The van der Waals surface area contributed by atoms with Crippen LogP contribution in [0.2, 0.25) is 0 Å². The molecule has 5 nitrogen and oxygen atoms in total. The highest BCUT2D eigenvalue weighted by molar-refractivity contribution is 5.80. The van der Waals surface area contributed by atoms with Gasteiger partial charge in [-0.1, -0.05) is 32.0 Å². The van der Waals surface area contributed by atoms with Crippen LogP contribution in [0.5, 0.6) is 5.75 Å². The molecule has 0 radical (unpaired) electrons. The number of benzene rings is 1. The predicted octanol–water partition coefficient (Wildman–Crippen LogP) is 2.00. The second-order valence-corrected chi connectivity index (χ2v) is 5.37. The lowest BCUT2D eigenvalue weighted by Gasteiger charge is -2.12. The van der Waals surface area contributed by atoms with E-state index in [2.05, 4.69) is 5.32 Å². The number of rotatable bonds is 7. The van der Waals surface area contributed by atoms with E-state index < -0.39 is 5.97 Å². The number of carbonyl (C=O) groups is 2. The van der Waals surface area contributed by atoms with Crippen LogP contribution in [-0.2, 0) is 14.3 Å². The molecule has 1 amide bonds. The lowest BCUT2D eigenvalue weighted by Crippen LogP contribution is -2.32. The van der Waals surface area contributed by atoms with Crippen LogP contribution in [0.25, 0.3) is 0 Å². The van der Waals surface area contributed by atoms with Gasteiger partial charge in [-0.25, -0.2) is 4.79 Å². The number of carbonyl (C=O) groups excluding carboxylic acids is 2. The van der Waals surface area contributed by atoms with Gasteiger partial charge in [-0.3, -0.25) is 4.79 Å². The van der Waals surface area contributed by atoms with E-state index in [9.17, 15) is 9.59 Å². The fraction of sp³-hybridized carbons (Fsp3) is 0.500. The molecule has 1 N–H and O–H groups in total. The number of ether oxygens (including phenoxy) is 2. The highest BCUT2D eigenvalue weighted by Crippen LogP contribution is 2.22. The van der Waals surface area contributed by atoms with Crippen molar-refractivity contribution in [3.8, 4) is 5.75 Å². The van der Waals surface area contributed by atoms with Crippen LogP contribution in [-0.4, -0.2) is 31.6 Å². The van der Waals surface area contributed by atoms with Crippen molar-refractivity contribution in [3.05, 3.63) is 29.3 Å². The lowest BCUT2D eigenvalue weighted by molar-refractivity contribution is -0.150. The quantitative estimate of drug-likeness (QED) is 0.781. The summed E-state index contributed by atoms with van der Waals surface area (Å²) in [6, 6.07) is 5.75. The van der Waals surface area contributed by atoms with Gasteiger partial charge in [0.1, 0.15) is 5.75 Å². The van der Waals surface area contributed by atoms with Gasteiger partial charge in [0.25, 0.3) is 5.91 Å². The van der Waals surface area contributed by atoms with Crippen LogP contribution in [0.15, 0.2) is 18.2 Å². The summed E-state index contributed by atoms with van der Waals surface area (Å²) in [6.07, 6.45) is 0. The molecule has 0 aliphatic rings. The summed E-state index contributed by atoms with van der Waals surface area (Å²) >= 11 is 0. The Balaban J connectivity index is 2.33. The van der Waals surface area contributed by atoms with Crippen LogP contribution in [0.3, 0.4) is 0 Å². The van der Waals surface area contributed by atoms with Crippen molar-refractivity contribution < 1.29 is 19.1 Å². The second kappa shape index (κ2) is 8.29. The van der Waals surface area contributed by atoms with E-state index in [0.29, 0.717) is 18.2 Å². The van der Waals surface area contributed by atoms with Crippen molar-refractivity contribution in [3.63, 3.8) is 0 Å². The minimum atomic E-state index is -0.558. The third-order valence-electron chi connectivity index (χ3n) is 2.81. The summed E-state index contributed by atoms with van der Waals surface area (Å²) < 4.78 is 10.3. The van der Waals surface area contributed by atoms with Gasteiger partial charge in [-0.15, -0.1) is 0 Å². The topological polar surface area (TPSA) is 64.6 Å². The maximum Gasteiger partial charge on any atom is 0.344 e. The summed E-state index contributed by atoms with van der Waals surface area (Å²) in [4.78, 5) is 23.0. The summed E-state index contributed by atoms with van der Waals surface area (Å²) in [7, 11) is 0. The van der Waals surface area contributed by atoms with Crippen molar-refractivity contribution in [2.24, 2.45) is 5.92 Å². The molecule has 0 unspecified atom stereocenters. The molecule has 0 aliphatic carbocycles. The molecule has 1 aromatic rings. The maximum absolute atomic E-state index is 11.6. The Morgan fingerprint density at radius 2 is 1.76 bits per heavy atom. The first-order valence-corrected chi connectivity index (χ1v) is 7.01. The van der Waals surface area contributed by atoms with Gasteiger partial charge in [0.15, 0.2) is 13.2 Å². The molecular formula is C16H23NO4. The molecule has 0 fully saturated rings. The largest absolute Gasteiger partial charge is 0.481 e. The predicted molar refractivity (Wildman–Crippen MR) is 80.2 cm³/mol. The SMILES string of the molecule is Cc1cccc(C)c1OCC(=O)OCC(=O)NCC(C)C. The van der Waals surface area contributed by atoms with Gasteiger partial charge in [0.05, 0.1) is 0 Å². The number of para-hydroxylation sites is 1. The molecule has 0 saturated heterocycles. The number of amides is 1. The molecule has 1 aromatic carbocycles. The summed E-state index contributed by atoms with van der Waals surface area (Å²) in [6.45, 7) is 7.88. The Bertz CT molecular complexity index is 477. The van der Waals surface area contributed by atoms with Crippen molar-refractivity contribution in [2.75, 3.05) is 19.8 Å². The van der Waals surface area contributed by atoms with Gasteiger partial charge in [0, 0.05) is 6.54 Å². The average molecular weight is 293 g/mol. The zero-order valence-electron chi connectivity index (χ0n) is 13.1. The molecule has 0 saturated carbocycles. The van der Waals surface area contributed by atoms with Crippen molar-refractivity contribution in [1.82, 2.24) is 5.32 Å². The minimum absolute atomic E-state index is 0.205. The molecule has 116 valence electrons. The maximum atomic E-state index is 11.6. The van der Waals surface area contributed by atoms with Gasteiger partial charge >= 0.3 is 5.97 Å². The normalized spacial score (nSPS) is 10.3. The molecule has 0 heterocycles. The first kappa shape index (κ1) is 17.0. The van der Waals surface area contributed by atoms with E-state index in [1.54, 1.807) is 0 Å². The van der Waals surface area contributed by atoms with E-state index >= 15 is 0 Å². The highest BCUT2D eigenvalue weighted by Gasteiger charge is 2.10. The molecule has 1 rings (SSSR count). The van der Waals surface area contributed by atoms with Gasteiger partial charge < -0.3 is 14.8 Å². The second-order valence-electron chi connectivity index (χ2n) is 5.37. The molecule has 21 heavy (non-hydrogen) atoms. The smallest absolute Gasteiger partial charge is 0.344 e. The standard InChI is InChI=1S/C16H23NO4/c1-11(2)8-17-14(18)9-20-15(19)10-21-16-12(3)6-5-7-13(16)4/h5-7,11H,8-10H2,1-4H3,(H,17,18). The van der Waals surface area contributed by atoms with Crippen molar-refractivity contribution in [2.45, 2.75) is 27.7 Å². The molecule has 0 aliphatic heterocycles. The first-order chi connectivity index (χ1) is 9.90. The van der Waals surface area contributed by atoms with Crippen LogP contribution in [0, 0.1) is 19.8 Å². The van der Waals surface area contributed by atoms with Crippen LogP contribution in [0.4, 0.5) is 0 Å². The van der Waals surface area contributed by atoms with E-state index in [-0.39, 0.29) is 19.1 Å². The van der Waals surface area contributed by atoms with E-state index in [1.165, 1.54) is 0 Å². The van der Waals surface area contributed by atoms with Crippen LogP contribution < -0.4 is 10.1 Å². The number of aryl methyl sites for hydroxylation is 2. The molecule has 0 bridgehead atoms. The molecule has 0 aromatic heterocycles. The number of esters is 1. The van der Waals surface area contributed by atoms with Gasteiger partial charge in [0.2, 0.25) is 0 Å². The van der Waals surface area contributed by atoms with Crippen molar-refractivity contribution in [1.29, 1.82) is 0 Å². The van der Waals surface area contributed by atoms with E-state index in [4.69, 9.17) is 9.47 Å². The molecular weight excluding hydrogens is 270 g/mol. The fourth-order valence-electron chi connectivity index (χ4n) is 1.71. The van der Waals surface area contributed by atoms with E-state index in [0.717, 1.165) is 11.1 Å². The van der Waals surface area contributed by atoms with Crippen LogP contribution in [0.1, 0.15) is 25.0 Å². The monoisotopic (exact) mass is 293 g/mol. The number of hydrogen-bond acceptors (Lipinski definition) is 4. The Kier molecular flexibility index (Phi) is 6.72. The van der Waals surface area contributed by atoms with E-state index in [1.807, 2.05) is 45.9 Å². The Morgan fingerprint density at radius 3 is 2.33 bits per heavy atom. The highest BCUT2D eigenvalue weighted by atomic mass is 16.6. The van der Waals surface area contributed by atoms with Gasteiger partial charge in [-0.05, 0) is 30.9 Å². The number of hydrogen-bond donors (Lipinski definition) is 1. The van der Waals surface area contributed by atoms with Gasteiger partial charge in [-0.2, -0.15) is 0 Å². The summed E-state index contributed by atoms with van der Waals surface area (Å²) in [5.41, 5.74) is 1.91. The molecule has 0 spiro atoms. The minimum Gasteiger partial charge on any atom is -0.481 e. The Morgan fingerprint density at radius 1 is 1.14 bits per heavy atom. The third kappa shape index (κ3) is 6.29. The molecule has 5 heteroatoms. The fourth-order valence-corrected chi connectivity index (χ4v) is 1.71. The lowest BCUT2D eigenvalue weighted by atomic mass is 10.1. The average Bonchev–Trinajstić information content (AvgIpc) is 2.42. The van der Waals surface area contributed by atoms with Crippen LogP contribution >= 0.6 is 0 Å². The zero-order valence-corrected chi connectivity index (χ0v) is 13.1. The Hall–Kier alpha value is -2.04. The summed E-state index contributed by atoms with van der Waals surface area (Å²) in [5, 5.41) is 2.67. The Labute approximate surface area is 125 Å². The zero-order chi connectivity index (χ0) is 15.8. The van der Waals surface area contributed by atoms with Crippen molar-refractivity contribution >= 4 is 11.9 Å². The molecule has 0 atom stereocenters. The third-order valence-corrected chi connectivity index (χ3v) is 2.81. The summed E-state index contributed by atoms with van der Waals surface area (Å²) in [5.74, 6) is 0.178. The first-order valence-electron chi connectivity index (χ1n) is 7.01.